The molecule has 2 saturated heterocycles. The van der Waals surface area contributed by atoms with Crippen molar-refractivity contribution in [2.75, 3.05) is 32.8 Å². The molecule has 0 aliphatic carbocycles. The molecular formula is C20H31N3O2. The van der Waals surface area contributed by atoms with E-state index in [4.69, 9.17) is 4.74 Å². The highest BCUT2D eigenvalue weighted by molar-refractivity contribution is 5.82. The Morgan fingerprint density at radius 3 is 2.60 bits per heavy atom. The molecule has 2 heterocycles. The van der Waals surface area contributed by atoms with Crippen molar-refractivity contribution in [3.63, 3.8) is 0 Å². The summed E-state index contributed by atoms with van der Waals surface area (Å²) in [6, 6.07) is 4.20. The molecule has 0 aromatic heterocycles. The van der Waals surface area contributed by atoms with E-state index in [9.17, 15) is 4.79 Å². The normalized spacial score (nSPS) is 22.1. The average Bonchev–Trinajstić information content (AvgIpc) is 2.97. The van der Waals surface area contributed by atoms with Gasteiger partial charge in [-0.15, -0.1) is 0 Å². The van der Waals surface area contributed by atoms with Crippen LogP contribution in [-0.4, -0.2) is 44.7 Å². The van der Waals surface area contributed by atoms with Crippen molar-refractivity contribution in [3.8, 4) is 5.75 Å². The quantitative estimate of drug-likeness (QED) is 0.713. The van der Waals surface area contributed by atoms with Crippen molar-refractivity contribution < 1.29 is 9.53 Å². The number of piperidine rings is 1. The van der Waals surface area contributed by atoms with Gasteiger partial charge in [0.15, 0.2) is 0 Å². The molecular weight excluding hydrogens is 314 g/mol. The molecule has 138 valence electrons. The van der Waals surface area contributed by atoms with E-state index in [1.165, 1.54) is 18.4 Å². The first-order valence-electron chi connectivity index (χ1n) is 9.42. The lowest BCUT2D eigenvalue weighted by Crippen LogP contribution is -2.41. The van der Waals surface area contributed by atoms with Gasteiger partial charge in [-0.05, 0) is 69.7 Å². The van der Waals surface area contributed by atoms with Crippen LogP contribution >= 0.6 is 0 Å². The predicted octanol–water partition coefficient (Wildman–Crippen LogP) is 1.84. The summed E-state index contributed by atoms with van der Waals surface area (Å²) in [5, 5.41) is 9.85. The van der Waals surface area contributed by atoms with Gasteiger partial charge >= 0.3 is 0 Å². The fourth-order valence-corrected chi connectivity index (χ4v) is 4.29. The van der Waals surface area contributed by atoms with Crippen molar-refractivity contribution in [1.82, 2.24) is 16.0 Å². The Morgan fingerprint density at radius 2 is 1.92 bits per heavy atom. The van der Waals surface area contributed by atoms with E-state index in [1.54, 1.807) is 0 Å². The fourth-order valence-electron chi connectivity index (χ4n) is 4.29. The SMILES string of the molecule is Cc1cc(C)c(OCCNC(=O)[C@H]2CC3(CCNCC3)CN2)c(C)c1. The molecule has 1 amide bonds. The first-order valence-corrected chi connectivity index (χ1v) is 9.42. The van der Waals surface area contributed by atoms with Gasteiger partial charge in [-0.1, -0.05) is 17.7 Å². The minimum absolute atomic E-state index is 0.0547. The van der Waals surface area contributed by atoms with E-state index in [0.717, 1.165) is 42.9 Å². The Labute approximate surface area is 150 Å². The molecule has 2 fully saturated rings. The highest BCUT2D eigenvalue weighted by Gasteiger charge is 2.41. The Balaban J connectivity index is 1.43. The van der Waals surface area contributed by atoms with Crippen molar-refractivity contribution in [3.05, 3.63) is 28.8 Å². The lowest BCUT2D eigenvalue weighted by Gasteiger charge is -2.33. The van der Waals surface area contributed by atoms with E-state index in [-0.39, 0.29) is 11.9 Å². The molecule has 1 aromatic rings. The van der Waals surface area contributed by atoms with E-state index in [1.807, 2.05) is 0 Å². The van der Waals surface area contributed by atoms with E-state index in [0.29, 0.717) is 18.6 Å². The van der Waals surface area contributed by atoms with E-state index < -0.39 is 0 Å². The highest BCUT2D eigenvalue weighted by atomic mass is 16.5. The largest absolute Gasteiger partial charge is 0.491 e. The molecule has 1 aromatic carbocycles. The molecule has 3 rings (SSSR count). The third-order valence-electron chi connectivity index (χ3n) is 5.59. The van der Waals surface area contributed by atoms with Crippen molar-refractivity contribution in [2.45, 2.75) is 46.1 Å². The maximum absolute atomic E-state index is 12.4. The molecule has 3 N–H and O–H groups in total. The first-order chi connectivity index (χ1) is 12.0. The second-order valence-corrected chi connectivity index (χ2v) is 7.75. The van der Waals surface area contributed by atoms with Crippen molar-refractivity contribution in [1.29, 1.82) is 0 Å². The number of hydrogen-bond acceptors (Lipinski definition) is 4. The number of nitrogens with one attached hydrogen (secondary N) is 3. The van der Waals surface area contributed by atoms with Gasteiger partial charge in [0.1, 0.15) is 12.4 Å². The van der Waals surface area contributed by atoms with Crippen LogP contribution in [0.4, 0.5) is 0 Å². The second-order valence-electron chi connectivity index (χ2n) is 7.75. The fraction of sp³-hybridized carbons (Fsp3) is 0.650. The highest BCUT2D eigenvalue weighted by Crippen LogP contribution is 2.37. The minimum Gasteiger partial charge on any atom is -0.491 e. The number of ether oxygens (including phenoxy) is 1. The van der Waals surface area contributed by atoms with Gasteiger partial charge < -0.3 is 20.7 Å². The smallest absolute Gasteiger partial charge is 0.237 e. The monoisotopic (exact) mass is 345 g/mol. The van der Waals surface area contributed by atoms with Gasteiger partial charge in [0, 0.05) is 6.54 Å². The Kier molecular flexibility index (Phi) is 5.64. The zero-order valence-corrected chi connectivity index (χ0v) is 15.7. The average molecular weight is 345 g/mol. The van der Waals surface area contributed by atoms with Crippen LogP contribution in [-0.2, 0) is 4.79 Å². The standard InChI is InChI=1S/C20H31N3O2/c1-14-10-15(2)18(16(3)11-14)25-9-8-22-19(24)17-12-20(13-23-17)4-6-21-7-5-20/h10-11,17,21,23H,4-9,12-13H2,1-3H3,(H,22,24)/t17-/m1/s1. The van der Waals surface area contributed by atoms with Crippen LogP contribution in [0.1, 0.15) is 36.0 Å². The zero-order valence-electron chi connectivity index (χ0n) is 15.7. The molecule has 0 bridgehead atoms. The molecule has 2 aliphatic rings. The Bertz CT molecular complexity index is 600. The molecule has 1 spiro atoms. The number of carbonyl (C=O) groups is 1. The van der Waals surface area contributed by atoms with Crippen molar-refractivity contribution in [2.24, 2.45) is 5.41 Å². The molecule has 5 heteroatoms. The third-order valence-corrected chi connectivity index (χ3v) is 5.59. The summed E-state index contributed by atoms with van der Waals surface area (Å²) < 4.78 is 5.90. The Morgan fingerprint density at radius 1 is 1.24 bits per heavy atom. The second kappa shape index (κ2) is 7.75. The van der Waals surface area contributed by atoms with Crippen LogP contribution in [0.2, 0.25) is 0 Å². The predicted molar refractivity (Wildman–Crippen MR) is 100 cm³/mol. The van der Waals surface area contributed by atoms with Gasteiger partial charge in [0.25, 0.3) is 0 Å². The molecule has 0 radical (unpaired) electrons. The maximum Gasteiger partial charge on any atom is 0.237 e. The third kappa shape index (κ3) is 4.33. The summed E-state index contributed by atoms with van der Waals surface area (Å²) in [5.41, 5.74) is 3.86. The zero-order chi connectivity index (χ0) is 17.9. The maximum atomic E-state index is 12.4. The molecule has 1 atom stereocenters. The number of amides is 1. The summed E-state index contributed by atoms with van der Waals surface area (Å²) in [6.45, 7) is 10.4. The van der Waals surface area contributed by atoms with Gasteiger partial charge in [0.2, 0.25) is 5.91 Å². The first kappa shape index (κ1) is 18.2. The summed E-state index contributed by atoms with van der Waals surface area (Å²) in [5.74, 6) is 1.05. The molecule has 5 nitrogen and oxygen atoms in total. The summed E-state index contributed by atoms with van der Waals surface area (Å²) in [7, 11) is 0. The van der Waals surface area contributed by atoms with Crippen LogP contribution in [0.3, 0.4) is 0 Å². The number of hydrogen-bond donors (Lipinski definition) is 3. The van der Waals surface area contributed by atoms with Crippen LogP contribution < -0.4 is 20.7 Å². The molecule has 0 saturated carbocycles. The minimum atomic E-state index is -0.0547. The van der Waals surface area contributed by atoms with Gasteiger partial charge in [-0.25, -0.2) is 0 Å². The number of rotatable bonds is 5. The van der Waals surface area contributed by atoms with Crippen LogP contribution in [0.25, 0.3) is 0 Å². The lowest BCUT2D eigenvalue weighted by atomic mass is 9.77. The molecule has 2 aliphatic heterocycles. The van der Waals surface area contributed by atoms with Crippen LogP contribution in [0, 0.1) is 26.2 Å². The van der Waals surface area contributed by atoms with Gasteiger partial charge in [-0.3, -0.25) is 4.79 Å². The van der Waals surface area contributed by atoms with E-state index >= 15 is 0 Å². The van der Waals surface area contributed by atoms with E-state index in [2.05, 4.69) is 48.9 Å². The summed E-state index contributed by atoms with van der Waals surface area (Å²) in [6.07, 6.45) is 3.29. The van der Waals surface area contributed by atoms with Crippen molar-refractivity contribution >= 4 is 5.91 Å². The van der Waals surface area contributed by atoms with Crippen LogP contribution in [0.5, 0.6) is 5.75 Å². The number of benzene rings is 1. The topological polar surface area (TPSA) is 62.4 Å². The Hall–Kier alpha value is -1.59. The lowest BCUT2D eigenvalue weighted by molar-refractivity contribution is -0.123. The number of carbonyl (C=O) groups excluding carboxylic acids is 1. The number of aryl methyl sites for hydroxylation is 3. The summed E-state index contributed by atoms with van der Waals surface area (Å²) in [4.78, 5) is 12.4. The van der Waals surface area contributed by atoms with Gasteiger partial charge in [-0.2, -0.15) is 0 Å². The molecule has 0 unspecified atom stereocenters. The molecule has 25 heavy (non-hydrogen) atoms. The summed E-state index contributed by atoms with van der Waals surface area (Å²) >= 11 is 0. The van der Waals surface area contributed by atoms with Gasteiger partial charge in [0.05, 0.1) is 12.6 Å². The van der Waals surface area contributed by atoms with Crippen LogP contribution in [0.15, 0.2) is 12.1 Å².